The number of rotatable bonds is 8. The number of carbonyl (C=O) groups is 2. The molecule has 2 N–H and O–H groups in total. The third-order valence-corrected chi connectivity index (χ3v) is 6.47. The molecule has 0 bridgehead atoms. The molecule has 12 heteroatoms. The summed E-state index contributed by atoms with van der Waals surface area (Å²) in [6.07, 6.45) is 5.99. The lowest BCUT2D eigenvalue weighted by Gasteiger charge is -2.39. The fourth-order valence-electron chi connectivity index (χ4n) is 4.55. The number of urea groups is 1. The highest BCUT2D eigenvalue weighted by Gasteiger charge is 2.33. The Labute approximate surface area is 205 Å². The minimum absolute atomic E-state index is 0.0183. The second kappa shape index (κ2) is 10.4. The van der Waals surface area contributed by atoms with Crippen LogP contribution >= 0.6 is 0 Å². The Morgan fingerprint density at radius 2 is 2.14 bits per heavy atom. The first kappa shape index (κ1) is 24.6. The molecule has 188 valence electrons. The summed E-state index contributed by atoms with van der Waals surface area (Å²) >= 11 is 0. The lowest BCUT2D eigenvalue weighted by atomic mass is 10.2. The van der Waals surface area contributed by atoms with Gasteiger partial charge in [0.15, 0.2) is 0 Å². The van der Waals surface area contributed by atoms with Gasteiger partial charge in [-0.25, -0.2) is 9.78 Å². The van der Waals surface area contributed by atoms with Crippen LogP contribution in [0.5, 0.6) is 0 Å². The second-order valence-corrected chi connectivity index (χ2v) is 9.11. The average molecular weight is 483 g/mol. The Hall–Kier alpha value is -3.54. The highest BCUT2D eigenvalue weighted by molar-refractivity contribution is 5.93. The molecular formula is C23H34N10O2. The molecule has 0 saturated carbocycles. The number of carbonyl (C=O) groups excluding carboxylic acids is 2. The van der Waals surface area contributed by atoms with E-state index in [-0.39, 0.29) is 30.1 Å². The largest absolute Gasteiger partial charge is 0.346 e. The standard InChI is InChI=1S/C23H34N10O2/c1-6-18-10-24-23(35)33(18)22-28-17(5)27-21(29-22)26-16(4)19-12-31(13-25-19)14-30-8-9-32(15(3)11-30)20(34)7-2/h7,12-13,15-16,18H,2,6,8-11,14H2,1,3-5H3,(H,24,35)(H,26,27,28,29)/t15-,16-,18-/m0/s1. The lowest BCUT2D eigenvalue weighted by molar-refractivity contribution is -0.130. The second-order valence-electron chi connectivity index (χ2n) is 9.11. The van der Waals surface area contributed by atoms with E-state index in [0.717, 1.165) is 25.2 Å². The van der Waals surface area contributed by atoms with Gasteiger partial charge in [-0.1, -0.05) is 13.5 Å². The van der Waals surface area contributed by atoms with Gasteiger partial charge in [-0.05, 0) is 33.3 Å². The van der Waals surface area contributed by atoms with E-state index in [1.807, 2.05) is 35.8 Å². The number of hydrogen-bond donors (Lipinski definition) is 2. The fraction of sp³-hybridized carbons (Fsp3) is 0.565. The number of amides is 3. The van der Waals surface area contributed by atoms with Crippen molar-refractivity contribution >= 4 is 23.8 Å². The van der Waals surface area contributed by atoms with Crippen molar-refractivity contribution < 1.29 is 9.59 Å². The zero-order valence-corrected chi connectivity index (χ0v) is 20.8. The van der Waals surface area contributed by atoms with Crippen molar-refractivity contribution in [2.24, 2.45) is 0 Å². The normalized spacial score (nSPS) is 21.7. The molecule has 35 heavy (non-hydrogen) atoms. The summed E-state index contributed by atoms with van der Waals surface area (Å²) < 4.78 is 2.04. The molecule has 2 saturated heterocycles. The molecule has 0 spiro atoms. The quantitative estimate of drug-likeness (QED) is 0.543. The van der Waals surface area contributed by atoms with E-state index in [2.05, 4.69) is 49.0 Å². The summed E-state index contributed by atoms with van der Waals surface area (Å²) in [5, 5.41) is 6.15. The number of nitrogens with zero attached hydrogens (tertiary/aromatic N) is 8. The summed E-state index contributed by atoms with van der Waals surface area (Å²) in [6, 6.07) is -0.195. The molecular weight excluding hydrogens is 448 g/mol. The van der Waals surface area contributed by atoms with Crippen LogP contribution < -0.4 is 15.5 Å². The van der Waals surface area contributed by atoms with Crippen LogP contribution in [-0.4, -0.2) is 84.5 Å². The van der Waals surface area contributed by atoms with Crippen LogP contribution in [-0.2, 0) is 11.5 Å². The Bertz CT molecular complexity index is 1090. The minimum atomic E-state index is -0.191. The van der Waals surface area contributed by atoms with Gasteiger partial charge in [-0.15, -0.1) is 0 Å². The van der Waals surface area contributed by atoms with Gasteiger partial charge < -0.3 is 20.1 Å². The Kier molecular flexibility index (Phi) is 7.29. The van der Waals surface area contributed by atoms with Crippen molar-refractivity contribution in [3.8, 4) is 0 Å². The first-order valence-electron chi connectivity index (χ1n) is 12.0. The van der Waals surface area contributed by atoms with Crippen molar-refractivity contribution in [2.45, 2.75) is 58.9 Å². The SMILES string of the molecule is C=CC(=O)N1CCN(Cn2cnc([C@H](C)Nc3nc(C)nc(N4C(=O)NC[C@@H]4CC)n3)c2)C[C@@H]1C. The van der Waals surface area contributed by atoms with Gasteiger partial charge in [0.1, 0.15) is 5.82 Å². The van der Waals surface area contributed by atoms with E-state index >= 15 is 0 Å². The van der Waals surface area contributed by atoms with Crippen molar-refractivity contribution in [2.75, 3.05) is 36.4 Å². The topological polar surface area (TPSA) is 124 Å². The molecule has 0 unspecified atom stereocenters. The number of aryl methyl sites for hydroxylation is 1. The summed E-state index contributed by atoms with van der Waals surface area (Å²) in [7, 11) is 0. The molecule has 0 radical (unpaired) electrons. The van der Waals surface area contributed by atoms with E-state index in [4.69, 9.17) is 0 Å². The Balaban J connectivity index is 1.39. The minimum Gasteiger partial charge on any atom is -0.346 e. The number of piperazine rings is 1. The van der Waals surface area contributed by atoms with E-state index in [0.29, 0.717) is 37.5 Å². The van der Waals surface area contributed by atoms with Crippen molar-refractivity contribution in [3.63, 3.8) is 0 Å². The molecule has 3 amide bonds. The number of nitrogens with one attached hydrogen (secondary N) is 2. The van der Waals surface area contributed by atoms with E-state index in [1.54, 1.807) is 11.8 Å². The van der Waals surface area contributed by atoms with E-state index in [9.17, 15) is 9.59 Å². The summed E-state index contributed by atoms with van der Waals surface area (Å²) in [4.78, 5) is 47.9. The Morgan fingerprint density at radius 3 is 2.86 bits per heavy atom. The zero-order chi connectivity index (χ0) is 25.1. The molecule has 3 atom stereocenters. The number of anilines is 2. The molecule has 0 aromatic carbocycles. The van der Waals surface area contributed by atoms with Gasteiger partial charge in [0.05, 0.1) is 30.8 Å². The summed E-state index contributed by atoms with van der Waals surface area (Å²) in [5.41, 5.74) is 0.850. The van der Waals surface area contributed by atoms with Crippen LogP contribution in [0, 0.1) is 6.92 Å². The maximum atomic E-state index is 12.3. The van der Waals surface area contributed by atoms with Crippen molar-refractivity contribution in [1.29, 1.82) is 0 Å². The van der Waals surface area contributed by atoms with Crippen LogP contribution in [0.2, 0.25) is 0 Å². The third kappa shape index (κ3) is 5.42. The molecule has 12 nitrogen and oxygen atoms in total. The average Bonchev–Trinajstić information content (AvgIpc) is 3.44. The van der Waals surface area contributed by atoms with Crippen molar-refractivity contribution in [3.05, 3.63) is 36.7 Å². The first-order valence-corrected chi connectivity index (χ1v) is 12.0. The van der Waals surface area contributed by atoms with Crippen LogP contribution in [0.1, 0.15) is 44.8 Å². The van der Waals surface area contributed by atoms with Crippen LogP contribution in [0.4, 0.5) is 16.7 Å². The van der Waals surface area contributed by atoms with Crippen LogP contribution in [0.3, 0.4) is 0 Å². The number of hydrogen-bond acceptors (Lipinski definition) is 8. The number of imidazole rings is 1. The highest BCUT2D eigenvalue weighted by atomic mass is 16.2. The molecule has 0 aliphatic carbocycles. The third-order valence-electron chi connectivity index (χ3n) is 6.47. The zero-order valence-electron chi connectivity index (χ0n) is 20.8. The molecule has 2 aliphatic heterocycles. The highest BCUT2D eigenvalue weighted by Crippen LogP contribution is 2.21. The predicted molar refractivity (Wildman–Crippen MR) is 132 cm³/mol. The van der Waals surface area contributed by atoms with Gasteiger partial charge in [0.2, 0.25) is 17.8 Å². The van der Waals surface area contributed by atoms with Gasteiger partial charge in [-0.2, -0.15) is 15.0 Å². The molecule has 4 rings (SSSR count). The van der Waals surface area contributed by atoms with Crippen LogP contribution in [0.15, 0.2) is 25.2 Å². The summed E-state index contributed by atoms with van der Waals surface area (Å²) in [6.45, 7) is 15.0. The predicted octanol–water partition coefficient (Wildman–Crippen LogP) is 1.53. The fourth-order valence-corrected chi connectivity index (χ4v) is 4.55. The van der Waals surface area contributed by atoms with Gasteiger partial charge >= 0.3 is 6.03 Å². The van der Waals surface area contributed by atoms with Gasteiger partial charge in [0.25, 0.3) is 0 Å². The monoisotopic (exact) mass is 482 g/mol. The number of aromatic nitrogens is 5. The molecule has 2 aromatic rings. The Morgan fingerprint density at radius 1 is 1.34 bits per heavy atom. The smallest absolute Gasteiger partial charge is 0.324 e. The maximum absolute atomic E-state index is 12.3. The molecule has 2 aromatic heterocycles. The lowest BCUT2D eigenvalue weighted by Crippen LogP contribution is -2.53. The summed E-state index contributed by atoms with van der Waals surface area (Å²) in [5.74, 6) is 1.27. The van der Waals surface area contributed by atoms with Crippen LogP contribution in [0.25, 0.3) is 0 Å². The van der Waals surface area contributed by atoms with Crippen molar-refractivity contribution in [1.82, 2.24) is 39.6 Å². The van der Waals surface area contributed by atoms with Gasteiger partial charge in [-0.3, -0.25) is 14.6 Å². The molecule has 2 aliphatic rings. The molecule has 2 fully saturated rings. The van der Waals surface area contributed by atoms with Gasteiger partial charge in [0, 0.05) is 38.4 Å². The van der Waals surface area contributed by atoms with E-state index < -0.39 is 0 Å². The maximum Gasteiger partial charge on any atom is 0.324 e. The molecule has 4 heterocycles. The first-order chi connectivity index (χ1) is 16.8. The van der Waals surface area contributed by atoms with E-state index in [1.165, 1.54) is 6.08 Å².